The molecule has 2 aromatic carbocycles. The largest absolute Gasteiger partial charge is 0.462 e. The fourth-order valence-electron chi connectivity index (χ4n) is 3.45. The third-order valence-corrected chi connectivity index (χ3v) is 5.17. The SMILES string of the molecule is CC1(C)Nc2ccccc2N(CCCOC(=O)c2ccc(C(C)(C)C)cc2)C1=O. The van der Waals surface area contributed by atoms with Gasteiger partial charge in [-0.15, -0.1) is 0 Å². The molecule has 1 aliphatic heterocycles. The van der Waals surface area contributed by atoms with Crippen LogP contribution in [-0.2, 0) is 14.9 Å². The van der Waals surface area contributed by atoms with Crippen molar-refractivity contribution in [2.75, 3.05) is 23.4 Å². The Hall–Kier alpha value is -2.82. The van der Waals surface area contributed by atoms with Crippen molar-refractivity contribution >= 4 is 23.3 Å². The van der Waals surface area contributed by atoms with E-state index in [1.807, 2.05) is 62.4 Å². The van der Waals surface area contributed by atoms with Gasteiger partial charge in [0.15, 0.2) is 0 Å². The Labute approximate surface area is 173 Å². The second-order valence-corrected chi connectivity index (χ2v) is 9.04. The Bertz CT molecular complexity index is 895. The van der Waals surface area contributed by atoms with Crippen molar-refractivity contribution < 1.29 is 14.3 Å². The number of nitrogens with zero attached hydrogens (tertiary/aromatic N) is 1. The van der Waals surface area contributed by atoms with Crippen LogP contribution in [-0.4, -0.2) is 30.6 Å². The molecule has 29 heavy (non-hydrogen) atoms. The number of fused-ring (bicyclic) bond motifs is 1. The fraction of sp³-hybridized carbons (Fsp3) is 0.417. The third-order valence-electron chi connectivity index (χ3n) is 5.17. The molecule has 1 N–H and O–H groups in total. The van der Waals surface area contributed by atoms with Gasteiger partial charge in [-0.25, -0.2) is 4.79 Å². The molecule has 0 aliphatic carbocycles. The molecule has 3 rings (SSSR count). The molecule has 154 valence electrons. The van der Waals surface area contributed by atoms with E-state index in [1.54, 1.807) is 4.90 Å². The van der Waals surface area contributed by atoms with Gasteiger partial charge < -0.3 is 15.0 Å². The minimum Gasteiger partial charge on any atom is -0.462 e. The zero-order chi connectivity index (χ0) is 21.2. The Balaban J connectivity index is 1.57. The van der Waals surface area contributed by atoms with Gasteiger partial charge in [-0.1, -0.05) is 45.0 Å². The molecule has 0 bridgehead atoms. The van der Waals surface area contributed by atoms with Gasteiger partial charge in [-0.2, -0.15) is 0 Å². The van der Waals surface area contributed by atoms with Crippen LogP contribution in [0.4, 0.5) is 11.4 Å². The molecule has 0 fully saturated rings. The van der Waals surface area contributed by atoms with Gasteiger partial charge >= 0.3 is 5.97 Å². The molecular weight excluding hydrogens is 364 g/mol. The number of benzene rings is 2. The molecule has 2 aromatic rings. The molecule has 5 nitrogen and oxygen atoms in total. The summed E-state index contributed by atoms with van der Waals surface area (Å²) >= 11 is 0. The molecule has 0 atom stereocenters. The number of hydrogen-bond acceptors (Lipinski definition) is 4. The van der Waals surface area contributed by atoms with Crippen molar-refractivity contribution in [1.29, 1.82) is 0 Å². The second-order valence-electron chi connectivity index (χ2n) is 9.04. The van der Waals surface area contributed by atoms with Gasteiger partial charge in [-0.05, 0) is 55.5 Å². The summed E-state index contributed by atoms with van der Waals surface area (Å²) in [5.41, 5.74) is 2.89. The first-order valence-corrected chi connectivity index (χ1v) is 10.1. The minimum absolute atomic E-state index is 0.0142. The average molecular weight is 395 g/mol. The molecule has 1 amide bonds. The van der Waals surface area contributed by atoms with E-state index in [2.05, 4.69) is 26.1 Å². The number of amides is 1. The summed E-state index contributed by atoms with van der Waals surface area (Å²) in [7, 11) is 0. The van der Waals surface area contributed by atoms with Gasteiger partial charge in [0.25, 0.3) is 5.91 Å². The molecule has 0 saturated heterocycles. The monoisotopic (exact) mass is 394 g/mol. The molecule has 0 radical (unpaired) electrons. The van der Waals surface area contributed by atoms with Crippen LogP contribution in [0.5, 0.6) is 0 Å². The standard InChI is InChI=1S/C24H30N2O3/c1-23(2,3)18-13-11-17(12-14-18)21(27)29-16-8-15-26-20-10-7-6-9-19(20)25-24(4,5)22(26)28/h6-7,9-14,25H,8,15-16H2,1-5H3. The third kappa shape index (κ3) is 4.61. The van der Waals surface area contributed by atoms with E-state index in [-0.39, 0.29) is 23.9 Å². The van der Waals surface area contributed by atoms with E-state index in [4.69, 9.17) is 4.74 Å². The molecular formula is C24H30N2O3. The maximum atomic E-state index is 12.8. The molecule has 0 spiro atoms. The highest BCUT2D eigenvalue weighted by molar-refractivity contribution is 6.07. The van der Waals surface area contributed by atoms with Crippen molar-refractivity contribution in [3.8, 4) is 0 Å². The number of para-hydroxylation sites is 2. The highest BCUT2D eigenvalue weighted by Gasteiger charge is 2.38. The summed E-state index contributed by atoms with van der Waals surface area (Å²) in [5.74, 6) is -0.321. The zero-order valence-electron chi connectivity index (χ0n) is 17.9. The van der Waals surface area contributed by atoms with Crippen molar-refractivity contribution in [2.24, 2.45) is 0 Å². The average Bonchev–Trinajstić information content (AvgIpc) is 2.66. The van der Waals surface area contributed by atoms with Crippen molar-refractivity contribution in [2.45, 2.75) is 52.0 Å². The summed E-state index contributed by atoms with van der Waals surface area (Å²) in [4.78, 5) is 26.9. The summed E-state index contributed by atoms with van der Waals surface area (Å²) < 4.78 is 5.43. The van der Waals surface area contributed by atoms with E-state index in [0.717, 1.165) is 11.4 Å². The minimum atomic E-state index is -0.667. The molecule has 0 aromatic heterocycles. The molecule has 0 unspecified atom stereocenters. The van der Waals surface area contributed by atoms with Crippen LogP contribution in [0.3, 0.4) is 0 Å². The maximum absolute atomic E-state index is 12.8. The highest BCUT2D eigenvalue weighted by Crippen LogP contribution is 2.35. The lowest BCUT2D eigenvalue weighted by Gasteiger charge is -2.40. The summed E-state index contributed by atoms with van der Waals surface area (Å²) in [6.07, 6.45) is 0.571. The van der Waals surface area contributed by atoms with Crippen molar-refractivity contribution in [1.82, 2.24) is 0 Å². The molecule has 1 aliphatic rings. The first-order valence-electron chi connectivity index (χ1n) is 10.1. The molecule has 0 saturated carbocycles. The summed E-state index contributed by atoms with van der Waals surface area (Å²) in [6, 6.07) is 15.3. The predicted molar refractivity (Wildman–Crippen MR) is 117 cm³/mol. The van der Waals surface area contributed by atoms with Gasteiger partial charge in [-0.3, -0.25) is 4.79 Å². The summed E-state index contributed by atoms with van der Waals surface area (Å²) in [6.45, 7) is 10.9. The molecule has 1 heterocycles. The van der Waals surface area contributed by atoms with E-state index >= 15 is 0 Å². The zero-order valence-corrected chi connectivity index (χ0v) is 17.9. The van der Waals surface area contributed by atoms with Crippen LogP contribution in [0, 0.1) is 0 Å². The fourth-order valence-corrected chi connectivity index (χ4v) is 3.45. The number of esters is 1. The summed E-state index contributed by atoms with van der Waals surface area (Å²) in [5, 5.41) is 3.28. The number of rotatable bonds is 5. The number of ether oxygens (including phenoxy) is 1. The van der Waals surface area contributed by atoms with Crippen LogP contribution in [0.15, 0.2) is 48.5 Å². The number of nitrogens with one attached hydrogen (secondary N) is 1. The Kier molecular flexibility index (Phi) is 5.69. The van der Waals surface area contributed by atoms with E-state index in [1.165, 1.54) is 5.56 Å². The number of anilines is 2. The van der Waals surface area contributed by atoms with Crippen molar-refractivity contribution in [3.63, 3.8) is 0 Å². The first kappa shape index (κ1) is 20.9. The second kappa shape index (κ2) is 7.90. The van der Waals surface area contributed by atoms with Gasteiger partial charge in [0.05, 0.1) is 23.5 Å². The smallest absolute Gasteiger partial charge is 0.338 e. The first-order chi connectivity index (χ1) is 13.6. The lowest BCUT2D eigenvalue weighted by Crippen LogP contribution is -2.54. The Morgan fingerprint density at radius 1 is 1.07 bits per heavy atom. The number of hydrogen-bond donors (Lipinski definition) is 1. The van der Waals surface area contributed by atoms with Gasteiger partial charge in [0.1, 0.15) is 5.54 Å². The van der Waals surface area contributed by atoms with Crippen LogP contribution in [0.2, 0.25) is 0 Å². The van der Waals surface area contributed by atoms with Crippen LogP contribution >= 0.6 is 0 Å². The Morgan fingerprint density at radius 2 is 1.72 bits per heavy atom. The normalized spacial score (nSPS) is 15.5. The lowest BCUT2D eigenvalue weighted by molar-refractivity contribution is -0.122. The Morgan fingerprint density at radius 3 is 2.38 bits per heavy atom. The van der Waals surface area contributed by atoms with E-state index in [0.29, 0.717) is 18.5 Å². The van der Waals surface area contributed by atoms with Gasteiger partial charge in [0, 0.05) is 6.54 Å². The van der Waals surface area contributed by atoms with Crippen LogP contribution < -0.4 is 10.2 Å². The van der Waals surface area contributed by atoms with Crippen LogP contribution in [0.1, 0.15) is 57.0 Å². The van der Waals surface area contributed by atoms with Gasteiger partial charge in [0.2, 0.25) is 0 Å². The molecule has 5 heteroatoms. The number of carbonyl (C=O) groups excluding carboxylic acids is 2. The van der Waals surface area contributed by atoms with Crippen molar-refractivity contribution in [3.05, 3.63) is 59.7 Å². The van der Waals surface area contributed by atoms with Crippen LogP contribution in [0.25, 0.3) is 0 Å². The predicted octanol–water partition coefficient (Wildman–Crippen LogP) is 4.77. The topological polar surface area (TPSA) is 58.6 Å². The quantitative estimate of drug-likeness (QED) is 0.586. The number of carbonyl (C=O) groups is 2. The maximum Gasteiger partial charge on any atom is 0.338 e. The highest BCUT2D eigenvalue weighted by atomic mass is 16.5. The van der Waals surface area contributed by atoms with E-state index in [9.17, 15) is 9.59 Å². The van der Waals surface area contributed by atoms with E-state index < -0.39 is 5.54 Å². The lowest BCUT2D eigenvalue weighted by atomic mass is 9.87.